The van der Waals surface area contributed by atoms with Crippen LogP contribution in [-0.4, -0.2) is 24.9 Å². The van der Waals surface area contributed by atoms with Crippen molar-refractivity contribution in [2.24, 2.45) is 5.92 Å². The highest BCUT2D eigenvalue weighted by atomic mass is 35.5. The summed E-state index contributed by atoms with van der Waals surface area (Å²) in [6, 6.07) is 9.29. The molecule has 0 saturated carbocycles. The third kappa shape index (κ3) is 6.17. The van der Waals surface area contributed by atoms with E-state index in [1.165, 1.54) is 0 Å². The number of halogens is 1. The lowest BCUT2D eigenvalue weighted by Crippen LogP contribution is -2.32. The van der Waals surface area contributed by atoms with Gasteiger partial charge < -0.3 is 10.1 Å². The van der Waals surface area contributed by atoms with E-state index in [1.807, 2.05) is 30.3 Å². The molecule has 3 nitrogen and oxygen atoms in total. The maximum Gasteiger partial charge on any atom is 0.257 e. The van der Waals surface area contributed by atoms with Crippen LogP contribution in [0.5, 0.6) is 5.75 Å². The first-order chi connectivity index (χ1) is 8.22. The summed E-state index contributed by atoms with van der Waals surface area (Å²) in [5.74, 6) is 1.62. The van der Waals surface area contributed by atoms with Crippen molar-refractivity contribution in [3.05, 3.63) is 30.3 Å². The number of carbonyl (C=O) groups is 1. The van der Waals surface area contributed by atoms with E-state index in [-0.39, 0.29) is 12.5 Å². The van der Waals surface area contributed by atoms with E-state index in [9.17, 15) is 4.79 Å². The number of alkyl halides is 1. The molecule has 1 N–H and O–H groups in total. The van der Waals surface area contributed by atoms with Gasteiger partial charge in [0, 0.05) is 12.4 Å². The van der Waals surface area contributed by atoms with Gasteiger partial charge in [0.05, 0.1) is 0 Å². The van der Waals surface area contributed by atoms with Crippen LogP contribution in [0, 0.1) is 5.92 Å². The number of ether oxygens (including phenoxy) is 1. The smallest absolute Gasteiger partial charge is 0.257 e. The van der Waals surface area contributed by atoms with Gasteiger partial charge in [0.1, 0.15) is 5.75 Å². The van der Waals surface area contributed by atoms with Gasteiger partial charge in [-0.15, -0.1) is 11.6 Å². The molecule has 4 heteroatoms. The molecule has 0 radical (unpaired) electrons. The van der Waals surface area contributed by atoms with Crippen molar-refractivity contribution in [1.29, 1.82) is 0 Å². The summed E-state index contributed by atoms with van der Waals surface area (Å²) < 4.78 is 5.32. The molecule has 17 heavy (non-hydrogen) atoms. The number of benzene rings is 1. The van der Waals surface area contributed by atoms with Crippen LogP contribution >= 0.6 is 11.6 Å². The predicted octanol–water partition coefficient (Wildman–Crippen LogP) is 2.45. The van der Waals surface area contributed by atoms with Crippen LogP contribution < -0.4 is 10.1 Å². The third-order valence-electron chi connectivity index (χ3n) is 2.36. The highest BCUT2D eigenvalue weighted by molar-refractivity contribution is 6.17. The Balaban J connectivity index is 2.17. The van der Waals surface area contributed by atoms with Gasteiger partial charge >= 0.3 is 0 Å². The number of rotatable bonds is 7. The molecule has 1 aromatic carbocycles. The Hall–Kier alpha value is -1.22. The summed E-state index contributed by atoms with van der Waals surface area (Å²) in [7, 11) is 0. The van der Waals surface area contributed by atoms with Crippen LogP contribution in [0.15, 0.2) is 30.3 Å². The molecule has 0 heterocycles. The van der Waals surface area contributed by atoms with E-state index in [0.717, 1.165) is 6.42 Å². The molecular weight excluding hydrogens is 238 g/mol. The van der Waals surface area contributed by atoms with E-state index in [1.54, 1.807) is 0 Å². The van der Waals surface area contributed by atoms with Crippen molar-refractivity contribution >= 4 is 17.5 Å². The quantitative estimate of drug-likeness (QED) is 0.760. The number of carbonyl (C=O) groups excluding carboxylic acids is 1. The first-order valence-electron chi connectivity index (χ1n) is 5.73. The number of nitrogens with one attached hydrogen (secondary N) is 1. The second-order valence-corrected chi connectivity index (χ2v) is 4.37. The number of para-hydroxylation sites is 1. The Labute approximate surface area is 107 Å². The molecule has 0 fully saturated rings. The first-order valence-corrected chi connectivity index (χ1v) is 6.26. The lowest BCUT2D eigenvalue weighted by atomic mass is 10.1. The van der Waals surface area contributed by atoms with Crippen LogP contribution in [0.1, 0.15) is 13.3 Å². The van der Waals surface area contributed by atoms with Crippen molar-refractivity contribution < 1.29 is 9.53 Å². The second-order valence-electron chi connectivity index (χ2n) is 3.99. The second kappa shape index (κ2) is 7.96. The molecular formula is C13H18ClNO2. The van der Waals surface area contributed by atoms with E-state index in [4.69, 9.17) is 16.3 Å². The van der Waals surface area contributed by atoms with Gasteiger partial charge in [-0.3, -0.25) is 4.79 Å². The van der Waals surface area contributed by atoms with E-state index < -0.39 is 0 Å². The average molecular weight is 256 g/mol. The van der Waals surface area contributed by atoms with Crippen molar-refractivity contribution in [3.63, 3.8) is 0 Å². The Morgan fingerprint density at radius 3 is 2.76 bits per heavy atom. The maximum atomic E-state index is 11.5. The molecule has 1 amide bonds. The Bertz CT molecular complexity index is 329. The minimum Gasteiger partial charge on any atom is -0.484 e. The normalized spacial score (nSPS) is 11.9. The largest absolute Gasteiger partial charge is 0.484 e. The summed E-state index contributed by atoms with van der Waals surface area (Å²) >= 11 is 5.62. The van der Waals surface area contributed by atoms with Crippen LogP contribution in [0.4, 0.5) is 0 Å². The van der Waals surface area contributed by atoms with Crippen molar-refractivity contribution in [3.8, 4) is 5.75 Å². The van der Waals surface area contributed by atoms with Gasteiger partial charge in [-0.1, -0.05) is 25.1 Å². The Morgan fingerprint density at radius 1 is 1.41 bits per heavy atom. The van der Waals surface area contributed by atoms with Crippen molar-refractivity contribution in [1.82, 2.24) is 5.32 Å². The topological polar surface area (TPSA) is 38.3 Å². The number of hydrogen-bond donors (Lipinski definition) is 1. The van der Waals surface area contributed by atoms with Gasteiger partial charge in [-0.05, 0) is 24.5 Å². The molecule has 0 aromatic heterocycles. The minimum atomic E-state index is -0.102. The fraction of sp³-hybridized carbons (Fsp3) is 0.462. The van der Waals surface area contributed by atoms with Crippen LogP contribution in [0.2, 0.25) is 0 Å². The molecule has 94 valence electrons. The molecule has 1 aromatic rings. The molecule has 0 bridgehead atoms. The highest BCUT2D eigenvalue weighted by Gasteiger charge is 2.05. The van der Waals surface area contributed by atoms with Gasteiger partial charge in [0.25, 0.3) is 5.91 Å². The van der Waals surface area contributed by atoms with Gasteiger partial charge in [0.2, 0.25) is 0 Å². The summed E-state index contributed by atoms with van der Waals surface area (Å²) in [6.07, 6.45) is 0.904. The van der Waals surface area contributed by atoms with Crippen molar-refractivity contribution in [2.45, 2.75) is 13.3 Å². The zero-order valence-electron chi connectivity index (χ0n) is 9.99. The van der Waals surface area contributed by atoms with Crippen LogP contribution in [0.25, 0.3) is 0 Å². The minimum absolute atomic E-state index is 0.0532. The Morgan fingerprint density at radius 2 is 2.12 bits per heavy atom. The van der Waals surface area contributed by atoms with E-state index >= 15 is 0 Å². The molecule has 0 spiro atoms. The summed E-state index contributed by atoms with van der Waals surface area (Å²) in [5.41, 5.74) is 0. The summed E-state index contributed by atoms with van der Waals surface area (Å²) in [4.78, 5) is 11.5. The van der Waals surface area contributed by atoms with Gasteiger partial charge in [-0.2, -0.15) is 0 Å². The molecule has 0 aliphatic rings. The molecule has 0 aliphatic carbocycles. The molecule has 1 atom stereocenters. The number of amides is 1. The SMILES string of the molecule is CC(CCCl)CNC(=O)COc1ccccc1. The standard InChI is InChI=1S/C13H18ClNO2/c1-11(7-8-14)9-15-13(16)10-17-12-5-3-2-4-6-12/h2-6,11H,7-10H2,1H3,(H,15,16). The molecule has 1 unspecified atom stereocenters. The predicted molar refractivity (Wildman–Crippen MR) is 69.4 cm³/mol. The van der Waals surface area contributed by atoms with Gasteiger partial charge in [0.15, 0.2) is 6.61 Å². The molecule has 0 saturated heterocycles. The average Bonchev–Trinajstić information content (AvgIpc) is 2.35. The maximum absolute atomic E-state index is 11.5. The number of hydrogen-bond acceptors (Lipinski definition) is 2. The zero-order chi connectivity index (χ0) is 12.5. The monoisotopic (exact) mass is 255 g/mol. The highest BCUT2D eigenvalue weighted by Crippen LogP contribution is 2.07. The van der Waals surface area contributed by atoms with Gasteiger partial charge in [-0.25, -0.2) is 0 Å². The third-order valence-corrected chi connectivity index (χ3v) is 2.58. The fourth-order valence-electron chi connectivity index (χ4n) is 1.29. The van der Waals surface area contributed by atoms with Crippen LogP contribution in [-0.2, 0) is 4.79 Å². The molecule has 1 rings (SSSR count). The lowest BCUT2D eigenvalue weighted by Gasteiger charge is -2.11. The zero-order valence-corrected chi connectivity index (χ0v) is 10.7. The van der Waals surface area contributed by atoms with E-state index in [0.29, 0.717) is 24.1 Å². The van der Waals surface area contributed by atoms with Crippen molar-refractivity contribution in [2.75, 3.05) is 19.0 Å². The van der Waals surface area contributed by atoms with E-state index in [2.05, 4.69) is 12.2 Å². The van der Waals surface area contributed by atoms with Crippen LogP contribution in [0.3, 0.4) is 0 Å². The summed E-state index contributed by atoms with van der Waals surface area (Å²) in [6.45, 7) is 2.75. The molecule has 0 aliphatic heterocycles. The summed E-state index contributed by atoms with van der Waals surface area (Å²) in [5, 5.41) is 2.81. The fourth-order valence-corrected chi connectivity index (χ4v) is 1.67. The first kappa shape index (κ1) is 13.8. The Kier molecular flexibility index (Phi) is 6.48. The lowest BCUT2D eigenvalue weighted by molar-refractivity contribution is -0.123.